The van der Waals surface area contributed by atoms with Crippen molar-refractivity contribution in [1.82, 2.24) is 0 Å². The van der Waals surface area contributed by atoms with Gasteiger partial charge in [-0.15, -0.1) is 7.80 Å². The fraction of sp³-hybridized carbons (Fsp3) is 1.00. The van der Waals surface area contributed by atoms with E-state index in [4.69, 9.17) is 0 Å². The zero-order chi connectivity index (χ0) is 4.28. The average Bonchev–Trinajstić information content (AvgIpc) is 1.38. The van der Waals surface area contributed by atoms with Crippen molar-refractivity contribution in [2.75, 3.05) is 13.3 Å². The summed E-state index contributed by atoms with van der Waals surface area (Å²) in [6, 6.07) is 0. The first-order valence-corrected chi connectivity index (χ1v) is 4.86. The van der Waals surface area contributed by atoms with Crippen LogP contribution in [-0.4, -0.2) is 20.0 Å². The van der Waals surface area contributed by atoms with Gasteiger partial charge in [0.1, 0.15) is 0 Å². The molecule has 0 amide bonds. The lowest BCUT2D eigenvalue weighted by Gasteiger charge is -1.90. The second-order valence-electron chi connectivity index (χ2n) is 1.26. The van der Waals surface area contributed by atoms with Crippen molar-refractivity contribution < 1.29 is 0 Å². The molecule has 1 unspecified atom stereocenters. The van der Waals surface area contributed by atoms with E-state index in [-0.39, 0.29) is 0 Å². The molecule has 0 rings (SSSR count). The number of rotatable bonds is 1. The van der Waals surface area contributed by atoms with E-state index in [0.29, 0.717) is 7.80 Å². The molecule has 0 spiro atoms. The quantitative estimate of drug-likeness (QED) is 0.343. The topological polar surface area (TPSA) is 0 Å². The Hall–Kier alpha value is 0.925. The molecule has 0 nitrogen and oxygen atoms in total. The molecule has 0 aliphatic rings. The van der Waals surface area contributed by atoms with Crippen molar-refractivity contribution in [2.45, 2.75) is 0 Å². The minimum absolute atomic E-state index is 0.365. The molecule has 30 valence electrons. The van der Waals surface area contributed by atoms with E-state index in [1.54, 1.807) is 0 Å². The summed E-state index contributed by atoms with van der Waals surface area (Å²) in [7, 11) is 3.09. The summed E-state index contributed by atoms with van der Waals surface area (Å²) in [4.78, 5) is 0. The Balaban J connectivity index is 2.54. The summed E-state index contributed by atoms with van der Waals surface area (Å²) >= 11 is 0. The van der Waals surface area contributed by atoms with Gasteiger partial charge in [-0.05, 0) is 0 Å². The minimum atomic E-state index is 0.365. The van der Waals surface area contributed by atoms with Crippen LogP contribution >= 0.6 is 16.9 Å². The van der Waals surface area contributed by atoms with Crippen molar-refractivity contribution in [2.24, 2.45) is 0 Å². The van der Waals surface area contributed by atoms with Gasteiger partial charge in [-0.3, -0.25) is 0 Å². The summed E-state index contributed by atoms with van der Waals surface area (Å²) in [6.45, 7) is 5.82. The van der Waals surface area contributed by atoms with Crippen LogP contribution < -0.4 is 0 Å². The fourth-order valence-electron chi connectivity index (χ4n) is 0. The highest BCUT2D eigenvalue weighted by Gasteiger charge is 1.81. The molecule has 5 heavy (non-hydrogen) atoms. The van der Waals surface area contributed by atoms with Crippen LogP contribution in [0.3, 0.4) is 0 Å². The van der Waals surface area contributed by atoms with Crippen LogP contribution in [0.1, 0.15) is 0 Å². The van der Waals surface area contributed by atoms with Crippen molar-refractivity contribution in [3.05, 3.63) is 0 Å². The summed E-state index contributed by atoms with van der Waals surface area (Å²) in [5, 5.41) is 0. The van der Waals surface area contributed by atoms with E-state index in [0.717, 1.165) is 0 Å². The van der Waals surface area contributed by atoms with Gasteiger partial charge in [0.25, 0.3) is 0 Å². The third kappa shape index (κ3) is 4.92. The lowest BCUT2D eigenvalue weighted by Crippen LogP contribution is -1.65. The smallest absolute Gasteiger partial charge is 0.169 e. The average molecular weight is 106 g/mol. The molecule has 0 saturated carbocycles. The zero-order valence-corrected chi connectivity index (χ0v) is 5.78. The molecule has 0 bridgehead atoms. The summed E-state index contributed by atoms with van der Waals surface area (Å²) in [5.74, 6) is 0. The first kappa shape index (κ1) is 5.92. The fourth-order valence-corrected chi connectivity index (χ4v) is 0. The van der Waals surface area contributed by atoms with Gasteiger partial charge >= 0.3 is 0 Å². The Morgan fingerprint density at radius 1 is 1.60 bits per heavy atom. The largest absolute Gasteiger partial charge is 0.174 e. The second-order valence-corrected chi connectivity index (χ2v) is 4.88. The molecule has 0 aliphatic carbocycles. The van der Waals surface area contributed by atoms with Crippen molar-refractivity contribution in [3.63, 3.8) is 0 Å². The molecule has 0 aromatic heterocycles. The Labute approximate surface area is 37.8 Å². The Morgan fingerprint density at radius 3 is 1.80 bits per heavy atom. The van der Waals surface area contributed by atoms with E-state index in [2.05, 4.69) is 22.4 Å². The molecule has 0 aliphatic heterocycles. The zero-order valence-electron chi connectivity index (χ0n) is 3.73. The van der Waals surface area contributed by atoms with E-state index < -0.39 is 0 Å². The third-order valence-corrected chi connectivity index (χ3v) is 3.29. The molecule has 1 atom stereocenters. The summed E-state index contributed by atoms with van der Waals surface area (Å²) in [5.41, 5.74) is 0. The maximum atomic E-state index is 2.72. The lowest BCUT2D eigenvalue weighted by atomic mass is 10.7. The van der Waals surface area contributed by atoms with E-state index >= 15 is 0 Å². The van der Waals surface area contributed by atoms with Gasteiger partial charge in [-0.25, -0.2) is 0 Å². The summed E-state index contributed by atoms with van der Waals surface area (Å²) in [6.07, 6.45) is 0. The van der Waals surface area contributed by atoms with Gasteiger partial charge in [-0.1, -0.05) is 13.3 Å². The Morgan fingerprint density at radius 2 is 1.80 bits per heavy atom. The maximum Gasteiger partial charge on any atom is 0.174 e. The second kappa shape index (κ2) is 3.13. The molecule has 0 aromatic rings. The molecule has 0 N–H and O–H groups in total. The van der Waals surface area contributed by atoms with Gasteiger partial charge in [0.15, 0.2) is 6.72 Å². The van der Waals surface area contributed by atoms with Gasteiger partial charge in [-0.2, -0.15) is 9.12 Å². The Bertz CT molecular complexity index is 21.6. The van der Waals surface area contributed by atoms with Crippen LogP contribution in [0, 0.1) is 0 Å². The minimum Gasteiger partial charge on any atom is -0.169 e. The molecule has 0 saturated heterocycles. The number of hydrogen-bond donors (Lipinski definition) is 0. The summed E-state index contributed by atoms with van der Waals surface area (Å²) < 4.78 is 0. The molecule has 0 fully saturated rings. The van der Waals surface area contributed by atoms with Gasteiger partial charge in [0, 0.05) is 0 Å². The first-order valence-electron chi connectivity index (χ1n) is 1.62. The van der Waals surface area contributed by atoms with E-state index in [1.807, 2.05) is 0 Å². The van der Waals surface area contributed by atoms with Crippen molar-refractivity contribution in [1.29, 1.82) is 0 Å². The molecular formula is C2H9BP2. The molecule has 3 heteroatoms. The van der Waals surface area contributed by atoms with Gasteiger partial charge in [0.2, 0.25) is 0 Å². The SMILES string of the molecule is CP(C)BP. The van der Waals surface area contributed by atoms with Crippen LogP contribution in [-0.2, 0) is 0 Å². The van der Waals surface area contributed by atoms with Crippen molar-refractivity contribution >= 4 is 23.6 Å². The highest BCUT2D eigenvalue weighted by Crippen LogP contribution is 2.22. The third-order valence-electron chi connectivity index (χ3n) is 0.365. The number of hydrogen-bond acceptors (Lipinski definition) is 0. The van der Waals surface area contributed by atoms with Crippen LogP contribution in [0.15, 0.2) is 0 Å². The van der Waals surface area contributed by atoms with Crippen LogP contribution in [0.2, 0.25) is 0 Å². The van der Waals surface area contributed by atoms with Gasteiger partial charge < -0.3 is 0 Å². The molecule has 0 heterocycles. The normalized spacial score (nSPS) is 8.80. The van der Waals surface area contributed by atoms with E-state index in [9.17, 15) is 0 Å². The van der Waals surface area contributed by atoms with Crippen LogP contribution in [0.4, 0.5) is 0 Å². The predicted octanol–water partition coefficient (Wildman–Crippen LogP) is 0.869. The standard InChI is InChI=1S/C2H9BP2/c1-5(2)3-4/h3H,4H2,1-2H3. The van der Waals surface area contributed by atoms with Crippen LogP contribution in [0.5, 0.6) is 0 Å². The highest BCUT2D eigenvalue weighted by atomic mass is 31.1. The van der Waals surface area contributed by atoms with Crippen LogP contribution in [0.25, 0.3) is 0 Å². The monoisotopic (exact) mass is 106 g/mol. The highest BCUT2D eigenvalue weighted by molar-refractivity contribution is 8.03. The maximum absolute atomic E-state index is 2.72. The molecule has 0 radical (unpaired) electrons. The van der Waals surface area contributed by atoms with Gasteiger partial charge in [0.05, 0.1) is 0 Å². The molecule has 0 aromatic carbocycles. The Kier molecular flexibility index (Phi) is 3.71. The van der Waals surface area contributed by atoms with Crippen molar-refractivity contribution in [3.8, 4) is 0 Å². The first-order chi connectivity index (χ1) is 2.27. The molecular weight excluding hydrogens is 96.8 g/mol. The predicted molar refractivity (Wildman–Crippen MR) is 35.6 cm³/mol. The lowest BCUT2D eigenvalue weighted by molar-refractivity contribution is 2.29. The van der Waals surface area contributed by atoms with E-state index in [1.165, 1.54) is 6.72 Å².